The first kappa shape index (κ1) is 30.3. The first-order valence-corrected chi connectivity index (χ1v) is 14.8. The van der Waals surface area contributed by atoms with Gasteiger partial charge in [-0.15, -0.1) is 0 Å². The summed E-state index contributed by atoms with van der Waals surface area (Å²) in [6, 6.07) is 19.8. The predicted octanol–water partition coefficient (Wildman–Crippen LogP) is 4.54. The summed E-state index contributed by atoms with van der Waals surface area (Å²) in [5, 5.41) is 3.49. The number of hydrogen-bond donors (Lipinski definition) is 1. The van der Waals surface area contributed by atoms with E-state index in [-0.39, 0.29) is 35.3 Å². The highest BCUT2D eigenvalue weighted by Gasteiger charge is 2.34. The minimum atomic E-state index is -3.97. The summed E-state index contributed by atoms with van der Waals surface area (Å²) in [4.78, 5) is 28.8. The molecule has 2 amide bonds. The second kappa shape index (κ2) is 13.7. The third kappa shape index (κ3) is 8.11. The van der Waals surface area contributed by atoms with Gasteiger partial charge in [0.1, 0.15) is 18.3 Å². The molecule has 0 aliphatic heterocycles. The van der Waals surface area contributed by atoms with E-state index >= 15 is 0 Å². The van der Waals surface area contributed by atoms with Crippen LogP contribution in [0.25, 0.3) is 0 Å². The number of nitrogens with one attached hydrogen (secondary N) is 1. The number of carbonyl (C=O) groups is 2. The van der Waals surface area contributed by atoms with Gasteiger partial charge >= 0.3 is 0 Å². The van der Waals surface area contributed by atoms with E-state index in [9.17, 15) is 18.0 Å². The van der Waals surface area contributed by atoms with Crippen LogP contribution >= 0.6 is 23.2 Å². The van der Waals surface area contributed by atoms with E-state index in [0.29, 0.717) is 17.1 Å². The molecule has 11 heteroatoms. The summed E-state index contributed by atoms with van der Waals surface area (Å²) < 4.78 is 32.2. The molecule has 0 aromatic heterocycles. The molecular weight excluding hydrogens is 561 g/mol. The van der Waals surface area contributed by atoms with Crippen molar-refractivity contribution < 1.29 is 22.7 Å². The Morgan fingerprint density at radius 2 is 1.67 bits per heavy atom. The fourth-order valence-corrected chi connectivity index (χ4v) is 5.32. The fourth-order valence-electron chi connectivity index (χ4n) is 4.11. The predicted molar refractivity (Wildman–Crippen MR) is 155 cm³/mol. The van der Waals surface area contributed by atoms with Crippen molar-refractivity contribution in [3.05, 3.63) is 94.0 Å². The molecule has 0 fully saturated rings. The van der Waals surface area contributed by atoms with Crippen LogP contribution in [-0.4, -0.2) is 57.6 Å². The molecule has 8 nitrogen and oxygen atoms in total. The Hall–Kier alpha value is -3.27. The Labute approximate surface area is 239 Å². The molecule has 0 saturated heterocycles. The second-order valence-corrected chi connectivity index (χ2v) is 11.5. The second-order valence-electron chi connectivity index (χ2n) is 8.80. The zero-order chi connectivity index (χ0) is 28.6. The number of likely N-dealkylation sites (N-methyl/N-ethyl adjacent to an activating group) is 1. The number of halogens is 2. The molecular formula is C28H31Cl2N3O5S. The summed E-state index contributed by atoms with van der Waals surface area (Å²) in [7, 11) is -2.58. The number of ether oxygens (including phenoxy) is 1. The Bertz CT molecular complexity index is 1400. The van der Waals surface area contributed by atoms with Crippen LogP contribution in [0.1, 0.15) is 18.1 Å². The van der Waals surface area contributed by atoms with E-state index in [1.807, 2.05) is 30.3 Å². The molecule has 3 aromatic carbocycles. The van der Waals surface area contributed by atoms with Crippen molar-refractivity contribution in [1.29, 1.82) is 0 Å². The fraction of sp³-hybridized carbons (Fsp3) is 0.286. The largest absolute Gasteiger partial charge is 0.495 e. The highest BCUT2D eigenvalue weighted by atomic mass is 35.5. The van der Waals surface area contributed by atoms with Crippen molar-refractivity contribution in [2.75, 3.05) is 30.8 Å². The van der Waals surface area contributed by atoms with Gasteiger partial charge in [0.05, 0.1) is 19.1 Å². The molecule has 0 aliphatic rings. The molecule has 1 N–H and O–H groups in total. The number of anilines is 1. The zero-order valence-electron chi connectivity index (χ0n) is 21.9. The molecule has 208 valence electrons. The molecule has 0 aliphatic carbocycles. The van der Waals surface area contributed by atoms with Crippen LogP contribution in [-0.2, 0) is 32.6 Å². The lowest BCUT2D eigenvalue weighted by Gasteiger charge is -2.34. The van der Waals surface area contributed by atoms with Crippen LogP contribution in [0, 0.1) is 0 Å². The molecule has 1 atom stereocenters. The lowest BCUT2D eigenvalue weighted by Crippen LogP contribution is -2.53. The lowest BCUT2D eigenvalue weighted by molar-refractivity contribution is -0.140. The van der Waals surface area contributed by atoms with Crippen LogP contribution < -0.4 is 14.4 Å². The number of rotatable bonds is 12. The van der Waals surface area contributed by atoms with E-state index in [1.165, 1.54) is 24.1 Å². The Balaban J connectivity index is 2.09. The van der Waals surface area contributed by atoms with Crippen LogP contribution in [0.2, 0.25) is 10.0 Å². The summed E-state index contributed by atoms with van der Waals surface area (Å²) >= 11 is 12.6. The van der Waals surface area contributed by atoms with Crippen LogP contribution in [0.5, 0.6) is 5.75 Å². The van der Waals surface area contributed by atoms with Gasteiger partial charge in [0.2, 0.25) is 21.8 Å². The summed E-state index contributed by atoms with van der Waals surface area (Å²) in [6.07, 6.45) is 1.20. The van der Waals surface area contributed by atoms with Gasteiger partial charge in [-0.1, -0.05) is 71.7 Å². The van der Waals surface area contributed by atoms with Gasteiger partial charge in [-0.05, 0) is 42.3 Å². The molecule has 0 radical (unpaired) electrons. The number of methoxy groups -OCH3 is 1. The Kier molecular flexibility index (Phi) is 10.6. The van der Waals surface area contributed by atoms with Gasteiger partial charge in [0.15, 0.2) is 0 Å². The van der Waals surface area contributed by atoms with Crippen molar-refractivity contribution in [2.45, 2.75) is 25.9 Å². The van der Waals surface area contributed by atoms with E-state index in [0.717, 1.165) is 16.1 Å². The van der Waals surface area contributed by atoms with E-state index in [2.05, 4.69) is 5.32 Å². The van der Waals surface area contributed by atoms with E-state index in [4.69, 9.17) is 27.9 Å². The maximum atomic E-state index is 14.0. The SMILES string of the molecule is CCNC(=O)[C@@H](Cc1ccccc1)N(Cc1ccccc1Cl)C(=O)CN(c1cc(Cl)ccc1OC)S(C)(=O)=O. The van der Waals surface area contributed by atoms with Crippen molar-refractivity contribution in [1.82, 2.24) is 10.2 Å². The summed E-state index contributed by atoms with van der Waals surface area (Å²) in [6.45, 7) is 1.53. The molecule has 0 spiro atoms. The first-order valence-electron chi connectivity index (χ1n) is 12.2. The number of sulfonamides is 1. The molecule has 0 bridgehead atoms. The minimum Gasteiger partial charge on any atom is -0.495 e. The number of carbonyl (C=O) groups excluding carboxylic acids is 2. The summed E-state index contributed by atoms with van der Waals surface area (Å²) in [5.41, 5.74) is 1.56. The average Bonchev–Trinajstić information content (AvgIpc) is 2.90. The number of amides is 2. The van der Waals surface area contributed by atoms with Gasteiger partial charge < -0.3 is 15.0 Å². The minimum absolute atomic E-state index is 0.0164. The maximum Gasteiger partial charge on any atom is 0.244 e. The van der Waals surface area contributed by atoms with Gasteiger partial charge in [0.25, 0.3) is 0 Å². The van der Waals surface area contributed by atoms with Crippen LogP contribution in [0.15, 0.2) is 72.8 Å². The molecule has 0 unspecified atom stereocenters. The van der Waals surface area contributed by atoms with Crippen molar-refractivity contribution in [3.8, 4) is 5.75 Å². The highest BCUT2D eigenvalue weighted by Crippen LogP contribution is 2.33. The van der Waals surface area contributed by atoms with Crippen molar-refractivity contribution >= 4 is 50.7 Å². The molecule has 0 heterocycles. The van der Waals surface area contributed by atoms with Gasteiger partial charge in [-0.25, -0.2) is 8.42 Å². The number of hydrogen-bond acceptors (Lipinski definition) is 5. The van der Waals surface area contributed by atoms with Gasteiger partial charge in [-0.3, -0.25) is 13.9 Å². The van der Waals surface area contributed by atoms with E-state index < -0.39 is 28.5 Å². The monoisotopic (exact) mass is 591 g/mol. The third-order valence-electron chi connectivity index (χ3n) is 6.01. The number of benzene rings is 3. The molecule has 3 rings (SSSR count). The average molecular weight is 593 g/mol. The Morgan fingerprint density at radius 3 is 2.28 bits per heavy atom. The number of nitrogens with zero attached hydrogens (tertiary/aromatic N) is 2. The maximum absolute atomic E-state index is 14.0. The van der Waals surface area contributed by atoms with Crippen molar-refractivity contribution in [2.24, 2.45) is 0 Å². The van der Waals surface area contributed by atoms with Crippen LogP contribution in [0.3, 0.4) is 0 Å². The Morgan fingerprint density at radius 1 is 1.00 bits per heavy atom. The molecule has 0 saturated carbocycles. The standard InChI is InChI=1S/C28H31Cl2N3O5S/c1-4-31-28(35)25(16-20-10-6-5-7-11-20)32(18-21-12-8-9-13-23(21)30)27(34)19-33(39(3,36)37)24-17-22(29)14-15-26(24)38-2/h5-15,17,25H,4,16,18-19H2,1-3H3,(H,31,35)/t25-/m1/s1. The lowest BCUT2D eigenvalue weighted by atomic mass is 10.0. The van der Waals surface area contributed by atoms with Gasteiger partial charge in [0, 0.05) is 29.6 Å². The van der Waals surface area contributed by atoms with Crippen molar-refractivity contribution in [3.63, 3.8) is 0 Å². The molecule has 39 heavy (non-hydrogen) atoms. The highest BCUT2D eigenvalue weighted by molar-refractivity contribution is 7.92. The van der Waals surface area contributed by atoms with Crippen LogP contribution in [0.4, 0.5) is 5.69 Å². The van der Waals surface area contributed by atoms with Gasteiger partial charge in [-0.2, -0.15) is 0 Å². The first-order chi connectivity index (χ1) is 18.5. The normalized spacial score (nSPS) is 11.9. The molecule has 3 aromatic rings. The topological polar surface area (TPSA) is 96.0 Å². The zero-order valence-corrected chi connectivity index (χ0v) is 24.3. The quantitative estimate of drug-likeness (QED) is 0.333. The van der Waals surface area contributed by atoms with E-state index in [1.54, 1.807) is 37.3 Å². The third-order valence-corrected chi connectivity index (χ3v) is 7.74. The smallest absolute Gasteiger partial charge is 0.244 e. The summed E-state index contributed by atoms with van der Waals surface area (Å²) in [5.74, 6) is -0.748.